The van der Waals surface area contributed by atoms with Gasteiger partial charge in [-0.3, -0.25) is 9.69 Å². The first-order valence-corrected chi connectivity index (χ1v) is 8.97. The highest BCUT2D eigenvalue weighted by Gasteiger charge is 2.26. The summed E-state index contributed by atoms with van der Waals surface area (Å²) < 4.78 is 11.1. The lowest BCUT2D eigenvalue weighted by atomic mass is 10.2. The van der Waals surface area contributed by atoms with Crippen LogP contribution in [-0.2, 0) is 4.74 Å². The van der Waals surface area contributed by atoms with Gasteiger partial charge in [0.2, 0.25) is 0 Å². The average molecular weight is 332 g/mol. The molecule has 0 saturated carbocycles. The molecule has 0 radical (unpaired) electrons. The Balaban J connectivity index is 1.53. The van der Waals surface area contributed by atoms with Crippen molar-refractivity contribution in [3.63, 3.8) is 0 Å². The predicted molar refractivity (Wildman–Crippen MR) is 93.5 cm³/mol. The summed E-state index contributed by atoms with van der Waals surface area (Å²) in [5, 5.41) is 0. The van der Waals surface area contributed by atoms with Gasteiger partial charge >= 0.3 is 0 Å². The zero-order valence-electron chi connectivity index (χ0n) is 14.7. The molecule has 2 saturated heterocycles. The third-order valence-electron chi connectivity index (χ3n) is 4.99. The number of nitrogens with zero attached hydrogens (tertiary/aromatic N) is 2. The molecule has 0 N–H and O–H groups in total. The number of carbonyl (C=O) groups excluding carboxylic acids is 1. The molecule has 2 aliphatic heterocycles. The van der Waals surface area contributed by atoms with E-state index in [2.05, 4.69) is 11.8 Å². The van der Waals surface area contributed by atoms with Crippen LogP contribution < -0.4 is 4.74 Å². The Morgan fingerprint density at radius 1 is 1.17 bits per heavy atom. The van der Waals surface area contributed by atoms with Gasteiger partial charge in [-0.1, -0.05) is 0 Å². The Morgan fingerprint density at radius 2 is 1.96 bits per heavy atom. The monoisotopic (exact) mass is 332 g/mol. The van der Waals surface area contributed by atoms with Crippen LogP contribution in [0.4, 0.5) is 0 Å². The highest BCUT2D eigenvalue weighted by atomic mass is 16.5. The van der Waals surface area contributed by atoms with Gasteiger partial charge in [0.1, 0.15) is 5.75 Å². The Morgan fingerprint density at radius 3 is 2.62 bits per heavy atom. The number of methoxy groups -OCH3 is 1. The van der Waals surface area contributed by atoms with Crippen molar-refractivity contribution < 1.29 is 14.3 Å². The number of carbonyl (C=O) groups is 1. The highest BCUT2D eigenvalue weighted by Crippen LogP contribution is 2.21. The summed E-state index contributed by atoms with van der Waals surface area (Å²) in [5.41, 5.74) is 0.734. The zero-order valence-corrected chi connectivity index (χ0v) is 14.7. The topological polar surface area (TPSA) is 42.0 Å². The molecule has 1 aromatic rings. The van der Waals surface area contributed by atoms with Crippen molar-refractivity contribution in [3.05, 3.63) is 29.8 Å². The van der Waals surface area contributed by atoms with Gasteiger partial charge in [-0.25, -0.2) is 0 Å². The van der Waals surface area contributed by atoms with E-state index in [1.54, 1.807) is 7.11 Å². The number of rotatable bonds is 4. The minimum atomic E-state index is 0.116. The first kappa shape index (κ1) is 17.2. The number of amides is 1. The van der Waals surface area contributed by atoms with Crippen LogP contribution >= 0.6 is 0 Å². The van der Waals surface area contributed by atoms with E-state index in [0.29, 0.717) is 12.2 Å². The van der Waals surface area contributed by atoms with Crippen LogP contribution in [0.25, 0.3) is 0 Å². The molecule has 0 bridgehead atoms. The molecule has 2 atom stereocenters. The molecule has 5 nitrogen and oxygen atoms in total. The summed E-state index contributed by atoms with van der Waals surface area (Å²) >= 11 is 0. The molecule has 1 amide bonds. The van der Waals surface area contributed by atoms with Crippen molar-refractivity contribution in [2.45, 2.75) is 38.4 Å². The van der Waals surface area contributed by atoms with Gasteiger partial charge in [0.05, 0.1) is 19.3 Å². The average Bonchev–Trinajstić information content (AvgIpc) is 2.87. The molecule has 2 aliphatic rings. The van der Waals surface area contributed by atoms with E-state index in [-0.39, 0.29) is 5.91 Å². The van der Waals surface area contributed by atoms with E-state index in [9.17, 15) is 4.79 Å². The Kier molecular flexibility index (Phi) is 5.74. The molecule has 2 heterocycles. The van der Waals surface area contributed by atoms with E-state index < -0.39 is 0 Å². The molecular formula is C19H28N2O3. The Hall–Kier alpha value is -1.59. The van der Waals surface area contributed by atoms with E-state index in [1.165, 1.54) is 6.42 Å². The molecule has 1 aromatic carbocycles. The molecule has 24 heavy (non-hydrogen) atoms. The van der Waals surface area contributed by atoms with E-state index in [0.717, 1.165) is 56.9 Å². The number of hydrogen-bond acceptors (Lipinski definition) is 4. The Bertz CT molecular complexity index is 546. The van der Waals surface area contributed by atoms with E-state index in [4.69, 9.17) is 9.47 Å². The lowest BCUT2D eigenvalue weighted by molar-refractivity contribution is 0.0322. The molecule has 5 heteroatoms. The van der Waals surface area contributed by atoms with Gasteiger partial charge < -0.3 is 14.4 Å². The second kappa shape index (κ2) is 7.99. The van der Waals surface area contributed by atoms with Crippen molar-refractivity contribution in [1.82, 2.24) is 9.80 Å². The maximum Gasteiger partial charge on any atom is 0.253 e. The highest BCUT2D eigenvalue weighted by molar-refractivity contribution is 5.94. The normalized spacial score (nSPS) is 25.5. The fraction of sp³-hybridized carbons (Fsp3) is 0.632. The number of benzene rings is 1. The van der Waals surface area contributed by atoms with Crippen LogP contribution in [0.15, 0.2) is 24.3 Å². The van der Waals surface area contributed by atoms with Crippen LogP contribution in [0, 0.1) is 0 Å². The van der Waals surface area contributed by atoms with Crippen LogP contribution in [0.1, 0.15) is 36.5 Å². The standard InChI is InChI=1S/C19H28N2O3/c1-15-4-7-18(24-15)14-20-10-3-11-21(13-12-20)19(22)16-5-8-17(23-2)9-6-16/h5-6,8-9,15,18H,3-4,7,10-14H2,1-2H3/t15-,18-/m0/s1. The minimum absolute atomic E-state index is 0.116. The van der Waals surface area contributed by atoms with Crippen molar-refractivity contribution >= 4 is 5.91 Å². The zero-order chi connectivity index (χ0) is 16.9. The fourth-order valence-electron chi connectivity index (χ4n) is 3.58. The van der Waals surface area contributed by atoms with Crippen molar-refractivity contribution in [3.8, 4) is 5.75 Å². The van der Waals surface area contributed by atoms with Crippen LogP contribution in [0.2, 0.25) is 0 Å². The van der Waals surface area contributed by atoms with Gasteiger partial charge in [0.15, 0.2) is 0 Å². The number of hydrogen-bond donors (Lipinski definition) is 0. The summed E-state index contributed by atoms with van der Waals surface area (Å²) in [4.78, 5) is 17.1. The van der Waals surface area contributed by atoms with Crippen LogP contribution in [0.3, 0.4) is 0 Å². The summed E-state index contributed by atoms with van der Waals surface area (Å²) in [6.45, 7) is 6.72. The summed E-state index contributed by atoms with van der Waals surface area (Å²) in [6, 6.07) is 7.38. The second-order valence-electron chi connectivity index (χ2n) is 6.82. The lowest BCUT2D eigenvalue weighted by Gasteiger charge is -2.24. The first-order valence-electron chi connectivity index (χ1n) is 8.97. The summed E-state index contributed by atoms with van der Waals surface area (Å²) in [5.74, 6) is 0.893. The Labute approximate surface area is 144 Å². The van der Waals surface area contributed by atoms with Gasteiger partial charge in [-0.15, -0.1) is 0 Å². The van der Waals surface area contributed by atoms with Gasteiger partial charge in [-0.05, 0) is 57.0 Å². The van der Waals surface area contributed by atoms with Crippen molar-refractivity contribution in [1.29, 1.82) is 0 Å². The molecule has 3 rings (SSSR count). The lowest BCUT2D eigenvalue weighted by Crippen LogP contribution is -2.37. The maximum absolute atomic E-state index is 12.7. The molecule has 0 spiro atoms. The second-order valence-corrected chi connectivity index (χ2v) is 6.82. The first-order chi connectivity index (χ1) is 11.7. The largest absolute Gasteiger partial charge is 0.497 e. The maximum atomic E-state index is 12.7. The van der Waals surface area contributed by atoms with Gasteiger partial charge in [0, 0.05) is 31.7 Å². The van der Waals surface area contributed by atoms with Crippen molar-refractivity contribution in [2.24, 2.45) is 0 Å². The minimum Gasteiger partial charge on any atom is -0.497 e. The van der Waals surface area contributed by atoms with Gasteiger partial charge in [0.25, 0.3) is 5.91 Å². The summed E-state index contributed by atoms with van der Waals surface area (Å²) in [7, 11) is 1.63. The molecular weight excluding hydrogens is 304 g/mol. The molecule has 0 unspecified atom stereocenters. The summed E-state index contributed by atoms with van der Waals surface area (Å²) in [6.07, 6.45) is 4.11. The molecule has 2 fully saturated rings. The molecule has 0 aliphatic carbocycles. The van der Waals surface area contributed by atoms with Crippen molar-refractivity contribution in [2.75, 3.05) is 39.8 Å². The predicted octanol–water partition coefficient (Wildman–Crippen LogP) is 2.41. The number of ether oxygens (including phenoxy) is 2. The SMILES string of the molecule is COc1ccc(C(=O)N2CCCN(C[C@@H]3CC[C@H](C)O3)CC2)cc1. The fourth-order valence-corrected chi connectivity index (χ4v) is 3.58. The van der Waals surface area contributed by atoms with Crippen LogP contribution in [-0.4, -0.2) is 67.7 Å². The van der Waals surface area contributed by atoms with Gasteiger partial charge in [-0.2, -0.15) is 0 Å². The smallest absolute Gasteiger partial charge is 0.253 e. The third-order valence-corrected chi connectivity index (χ3v) is 4.99. The molecule has 0 aromatic heterocycles. The third kappa shape index (κ3) is 4.28. The quantitative estimate of drug-likeness (QED) is 0.849. The van der Waals surface area contributed by atoms with E-state index >= 15 is 0 Å². The van der Waals surface area contributed by atoms with E-state index in [1.807, 2.05) is 29.2 Å². The molecule has 132 valence electrons. The van der Waals surface area contributed by atoms with Crippen LogP contribution in [0.5, 0.6) is 5.75 Å².